The summed E-state index contributed by atoms with van der Waals surface area (Å²) in [4.78, 5) is 26.5. The van der Waals surface area contributed by atoms with E-state index in [0.29, 0.717) is 16.9 Å². The van der Waals surface area contributed by atoms with Gasteiger partial charge < -0.3 is 10.1 Å². The third-order valence-electron chi connectivity index (χ3n) is 8.06. The molecule has 3 aromatic carbocycles. The minimum absolute atomic E-state index is 0.0530. The fraction of sp³-hybridized carbons (Fsp3) is 0.333. The predicted molar refractivity (Wildman–Crippen MR) is 168 cm³/mol. The Kier molecular flexibility index (Phi) is 8.77. The molecule has 0 unspecified atom stereocenters. The first-order valence-corrected chi connectivity index (χ1v) is 16.1. The molecule has 10 heteroatoms. The van der Waals surface area contributed by atoms with E-state index in [9.17, 15) is 18.0 Å². The number of carbonyl (C=O) groups excluding carboxylic acids is 1. The first-order valence-electron chi connectivity index (χ1n) is 14.6. The van der Waals surface area contributed by atoms with Crippen LogP contribution < -0.4 is 20.3 Å². The van der Waals surface area contributed by atoms with Crippen molar-refractivity contribution in [1.29, 1.82) is 0 Å². The molecule has 0 spiro atoms. The van der Waals surface area contributed by atoms with E-state index in [1.165, 1.54) is 23.2 Å². The lowest BCUT2D eigenvalue weighted by Gasteiger charge is -2.24. The first-order chi connectivity index (χ1) is 20.5. The summed E-state index contributed by atoms with van der Waals surface area (Å²) in [6, 6.07) is 19.3. The van der Waals surface area contributed by atoms with Gasteiger partial charge in [0.2, 0.25) is 0 Å². The minimum atomic E-state index is -4.19. The smallest absolute Gasteiger partial charge is 0.296 e. The molecule has 1 aliphatic carbocycles. The van der Waals surface area contributed by atoms with Gasteiger partial charge in [0.1, 0.15) is 11.4 Å². The summed E-state index contributed by atoms with van der Waals surface area (Å²) >= 11 is 0. The number of nitrogens with zero attached hydrogens (tertiary/aromatic N) is 2. The average Bonchev–Trinajstić information content (AvgIpc) is 3.20. The van der Waals surface area contributed by atoms with Gasteiger partial charge in [0, 0.05) is 24.7 Å². The summed E-state index contributed by atoms with van der Waals surface area (Å²) < 4.78 is 38.8. The van der Waals surface area contributed by atoms with Crippen LogP contribution in [0.3, 0.4) is 0 Å². The van der Waals surface area contributed by atoms with Crippen molar-refractivity contribution in [2.45, 2.75) is 70.4 Å². The van der Waals surface area contributed by atoms with Crippen LogP contribution in [-0.2, 0) is 23.6 Å². The maximum absolute atomic E-state index is 13.5. The second-order valence-corrected chi connectivity index (χ2v) is 12.9. The molecule has 0 aliphatic heterocycles. The van der Waals surface area contributed by atoms with Crippen molar-refractivity contribution in [2.75, 3.05) is 4.72 Å². The van der Waals surface area contributed by atoms with Crippen LogP contribution in [0.5, 0.6) is 5.75 Å². The molecule has 0 atom stereocenters. The molecular formula is C33H38N4O5S. The van der Waals surface area contributed by atoms with Crippen molar-refractivity contribution >= 4 is 21.6 Å². The summed E-state index contributed by atoms with van der Waals surface area (Å²) in [5.74, 6) is 0.366. The van der Waals surface area contributed by atoms with Gasteiger partial charge in [-0.2, -0.15) is 0 Å². The van der Waals surface area contributed by atoms with Crippen LogP contribution in [0.2, 0.25) is 0 Å². The molecule has 1 saturated carbocycles. The van der Waals surface area contributed by atoms with E-state index in [1.54, 1.807) is 55.9 Å². The third-order valence-corrected chi connectivity index (χ3v) is 9.41. The Morgan fingerprint density at radius 3 is 2.40 bits per heavy atom. The number of sulfonamides is 1. The van der Waals surface area contributed by atoms with Crippen LogP contribution in [0, 0.1) is 20.8 Å². The largest absolute Gasteiger partial charge is 0.490 e. The van der Waals surface area contributed by atoms with E-state index in [0.717, 1.165) is 42.6 Å². The summed E-state index contributed by atoms with van der Waals surface area (Å²) in [6.07, 6.45) is 5.77. The highest BCUT2D eigenvalue weighted by Crippen LogP contribution is 2.27. The standard InChI is InChI=1S/C33H38N4O5S/c1-22-15-17-25(30(19-22)42-27-13-9-6-10-14-27)21-34-32(38)29-20-28(18-16-23(29)2)43(40,41)35-31-24(3)36(4)37(33(31)39)26-11-7-5-8-12-26/h5,7-8,11-12,15-20,27,35H,6,9-10,13-14,21H2,1-4H3,(H,34,38). The molecule has 1 heterocycles. The molecule has 5 rings (SSSR count). The number of para-hydroxylation sites is 1. The van der Waals surface area contributed by atoms with E-state index in [-0.39, 0.29) is 28.8 Å². The first kappa shape index (κ1) is 30.2. The molecule has 2 N–H and O–H groups in total. The highest BCUT2D eigenvalue weighted by atomic mass is 32.2. The lowest BCUT2D eigenvalue weighted by Crippen LogP contribution is -2.26. The molecule has 1 amide bonds. The highest BCUT2D eigenvalue weighted by Gasteiger charge is 2.24. The van der Waals surface area contributed by atoms with Gasteiger partial charge in [0.25, 0.3) is 21.5 Å². The fourth-order valence-electron chi connectivity index (χ4n) is 5.44. The van der Waals surface area contributed by atoms with Gasteiger partial charge in [-0.15, -0.1) is 0 Å². The molecule has 1 fully saturated rings. The molecule has 43 heavy (non-hydrogen) atoms. The number of anilines is 1. The van der Waals surface area contributed by atoms with Gasteiger partial charge in [0.05, 0.1) is 22.4 Å². The number of aromatic nitrogens is 2. The number of aryl methyl sites for hydroxylation is 2. The van der Waals surface area contributed by atoms with Gasteiger partial charge >= 0.3 is 0 Å². The third kappa shape index (κ3) is 6.54. The van der Waals surface area contributed by atoms with E-state index >= 15 is 0 Å². The summed E-state index contributed by atoms with van der Waals surface area (Å²) in [5.41, 5.74) is 3.31. The van der Waals surface area contributed by atoms with Gasteiger partial charge in [-0.3, -0.25) is 19.0 Å². The molecule has 0 saturated heterocycles. The van der Waals surface area contributed by atoms with Gasteiger partial charge in [-0.1, -0.05) is 42.8 Å². The average molecular weight is 603 g/mol. The summed E-state index contributed by atoms with van der Waals surface area (Å²) in [6.45, 7) is 5.66. The monoisotopic (exact) mass is 602 g/mol. The van der Waals surface area contributed by atoms with E-state index in [2.05, 4.69) is 10.0 Å². The maximum atomic E-state index is 13.5. The Labute approximate surface area is 252 Å². The van der Waals surface area contributed by atoms with E-state index in [4.69, 9.17) is 4.74 Å². The number of nitrogens with one attached hydrogen (secondary N) is 2. The van der Waals surface area contributed by atoms with Crippen molar-refractivity contribution in [3.05, 3.63) is 105 Å². The molecular weight excluding hydrogens is 564 g/mol. The Balaban J connectivity index is 1.35. The molecule has 1 aromatic heterocycles. The fourth-order valence-corrected chi connectivity index (χ4v) is 6.58. The van der Waals surface area contributed by atoms with Crippen LogP contribution in [0.1, 0.15) is 64.8 Å². The Hall–Kier alpha value is -4.31. The molecule has 226 valence electrons. The number of rotatable bonds is 9. The topological polar surface area (TPSA) is 111 Å². The number of hydrogen-bond donors (Lipinski definition) is 2. The predicted octanol–water partition coefficient (Wildman–Crippen LogP) is 5.54. The van der Waals surface area contributed by atoms with Crippen LogP contribution in [-0.4, -0.2) is 29.8 Å². The zero-order valence-corrected chi connectivity index (χ0v) is 25.8. The molecule has 4 aromatic rings. The van der Waals surface area contributed by atoms with Crippen molar-refractivity contribution in [3.63, 3.8) is 0 Å². The minimum Gasteiger partial charge on any atom is -0.490 e. The van der Waals surface area contributed by atoms with Crippen LogP contribution >= 0.6 is 0 Å². The van der Waals surface area contributed by atoms with Crippen molar-refractivity contribution in [1.82, 2.24) is 14.7 Å². The van der Waals surface area contributed by atoms with Crippen LogP contribution in [0.15, 0.2) is 76.4 Å². The summed E-state index contributed by atoms with van der Waals surface area (Å²) in [5, 5.41) is 2.94. The summed E-state index contributed by atoms with van der Waals surface area (Å²) in [7, 11) is -2.50. The van der Waals surface area contributed by atoms with Crippen LogP contribution in [0.25, 0.3) is 5.69 Å². The van der Waals surface area contributed by atoms with E-state index in [1.807, 2.05) is 31.2 Å². The zero-order valence-electron chi connectivity index (χ0n) is 25.0. The normalized spacial score (nSPS) is 14.0. The van der Waals surface area contributed by atoms with Crippen LogP contribution in [0.4, 0.5) is 5.69 Å². The van der Waals surface area contributed by atoms with Crippen molar-refractivity contribution in [2.24, 2.45) is 7.05 Å². The number of hydrogen-bond acceptors (Lipinski definition) is 5. The molecule has 0 radical (unpaired) electrons. The SMILES string of the molecule is Cc1ccc(CNC(=O)c2cc(S(=O)(=O)Nc3c(C)n(C)n(-c4ccccc4)c3=O)ccc2C)c(OC2CCCCC2)c1. The van der Waals surface area contributed by atoms with Gasteiger partial charge in [-0.05, 0) is 87.9 Å². The van der Waals surface area contributed by atoms with Gasteiger partial charge in [-0.25, -0.2) is 13.1 Å². The highest BCUT2D eigenvalue weighted by molar-refractivity contribution is 7.92. The maximum Gasteiger partial charge on any atom is 0.296 e. The second kappa shape index (κ2) is 12.5. The lowest BCUT2D eigenvalue weighted by atomic mass is 9.97. The number of benzene rings is 3. The number of carbonyl (C=O) groups is 1. The number of amides is 1. The molecule has 9 nitrogen and oxygen atoms in total. The lowest BCUT2D eigenvalue weighted by molar-refractivity contribution is 0.0949. The van der Waals surface area contributed by atoms with E-state index < -0.39 is 21.5 Å². The zero-order chi connectivity index (χ0) is 30.7. The Morgan fingerprint density at radius 1 is 0.953 bits per heavy atom. The number of ether oxygens (including phenoxy) is 1. The van der Waals surface area contributed by atoms with Gasteiger partial charge in [0.15, 0.2) is 0 Å². The second-order valence-electron chi connectivity index (χ2n) is 11.2. The van der Waals surface area contributed by atoms with Crippen molar-refractivity contribution in [3.8, 4) is 11.4 Å². The Bertz CT molecular complexity index is 1800. The Morgan fingerprint density at radius 2 is 1.67 bits per heavy atom. The molecule has 1 aliphatic rings. The molecule has 0 bridgehead atoms. The quantitative estimate of drug-likeness (QED) is 0.261. The van der Waals surface area contributed by atoms with Crippen molar-refractivity contribution < 1.29 is 17.9 Å².